The Balaban J connectivity index is 2.46. The van der Waals surface area contributed by atoms with Crippen LogP contribution in [0.3, 0.4) is 0 Å². The van der Waals surface area contributed by atoms with Crippen molar-refractivity contribution in [1.82, 2.24) is 0 Å². The Kier molecular flexibility index (Phi) is 3.74. The maximum atomic E-state index is 11.3. The molecule has 0 spiro atoms. The number of ether oxygens (including phenoxy) is 1. The van der Waals surface area contributed by atoms with Gasteiger partial charge < -0.3 is 15.6 Å². The van der Waals surface area contributed by atoms with Gasteiger partial charge in [-0.2, -0.15) is 0 Å². The minimum absolute atomic E-state index is 0.0286. The molecule has 0 bridgehead atoms. The summed E-state index contributed by atoms with van der Waals surface area (Å²) in [5, 5.41) is 9.28. The molecule has 0 amide bonds. The smallest absolute Gasteiger partial charge is 0.339 e. The number of benzene rings is 1. The molecule has 1 aliphatic heterocycles. The van der Waals surface area contributed by atoms with Crippen molar-refractivity contribution >= 4 is 17.4 Å². The number of carbonyl (C=O) groups is 1. The van der Waals surface area contributed by atoms with Gasteiger partial charge in [0.1, 0.15) is 5.57 Å². The molecule has 18 heavy (non-hydrogen) atoms. The van der Waals surface area contributed by atoms with E-state index in [4.69, 9.17) is 10.5 Å². The molecule has 1 aliphatic rings. The summed E-state index contributed by atoms with van der Waals surface area (Å²) in [5.74, 6) is -1.08. The maximum Gasteiger partial charge on any atom is 0.339 e. The third kappa shape index (κ3) is 2.57. The highest BCUT2D eigenvalue weighted by Crippen LogP contribution is 2.16. The lowest BCUT2D eigenvalue weighted by molar-refractivity contribution is -0.132. The zero-order valence-electron chi connectivity index (χ0n) is 9.80. The van der Waals surface area contributed by atoms with Gasteiger partial charge in [0, 0.05) is 0 Å². The molecule has 0 saturated heterocycles. The first-order valence-corrected chi connectivity index (χ1v) is 5.60. The van der Waals surface area contributed by atoms with E-state index in [9.17, 15) is 9.90 Å². The SMILES string of the molecule is NC(=C(C(=O)O)C1=NCCOC1)c1ccccc1. The van der Waals surface area contributed by atoms with Crippen LogP contribution in [0.1, 0.15) is 5.56 Å². The number of aliphatic imine (C=N–C) groups is 1. The summed E-state index contributed by atoms with van der Waals surface area (Å²) in [4.78, 5) is 15.5. The lowest BCUT2D eigenvalue weighted by Crippen LogP contribution is -2.26. The van der Waals surface area contributed by atoms with Gasteiger partial charge in [0.2, 0.25) is 0 Å². The first-order valence-electron chi connectivity index (χ1n) is 5.60. The molecule has 0 fully saturated rings. The molecule has 0 aliphatic carbocycles. The molecule has 1 aromatic rings. The third-order valence-corrected chi connectivity index (χ3v) is 2.63. The predicted octanol–water partition coefficient (Wildman–Crippen LogP) is 0.912. The number of nitrogens with zero attached hydrogens (tertiary/aromatic N) is 1. The van der Waals surface area contributed by atoms with Crippen LogP contribution in [-0.4, -0.2) is 36.5 Å². The van der Waals surface area contributed by atoms with E-state index in [1.165, 1.54) is 0 Å². The van der Waals surface area contributed by atoms with Gasteiger partial charge in [-0.25, -0.2) is 4.79 Å². The van der Waals surface area contributed by atoms with Gasteiger partial charge in [-0.3, -0.25) is 4.99 Å². The fourth-order valence-electron chi connectivity index (χ4n) is 1.77. The molecular weight excluding hydrogens is 232 g/mol. The van der Waals surface area contributed by atoms with Crippen LogP contribution in [0, 0.1) is 0 Å². The first kappa shape index (κ1) is 12.3. The molecule has 1 aromatic carbocycles. The Hall–Kier alpha value is -2.14. The van der Waals surface area contributed by atoms with Crippen LogP contribution < -0.4 is 5.73 Å². The number of hydrogen-bond acceptors (Lipinski definition) is 4. The van der Waals surface area contributed by atoms with Crippen LogP contribution in [-0.2, 0) is 9.53 Å². The lowest BCUT2D eigenvalue weighted by Gasteiger charge is -2.15. The minimum atomic E-state index is -1.08. The second-order valence-corrected chi connectivity index (χ2v) is 3.84. The van der Waals surface area contributed by atoms with Gasteiger partial charge >= 0.3 is 5.97 Å². The Labute approximate surface area is 105 Å². The van der Waals surface area contributed by atoms with Crippen LogP contribution in [0.15, 0.2) is 40.9 Å². The van der Waals surface area contributed by atoms with Gasteiger partial charge in [0.05, 0.1) is 31.2 Å². The van der Waals surface area contributed by atoms with Gasteiger partial charge in [0.15, 0.2) is 0 Å². The monoisotopic (exact) mass is 246 g/mol. The largest absolute Gasteiger partial charge is 0.478 e. The second kappa shape index (κ2) is 5.46. The van der Waals surface area contributed by atoms with Crippen molar-refractivity contribution < 1.29 is 14.6 Å². The topological polar surface area (TPSA) is 84.9 Å². The number of hydrogen-bond donors (Lipinski definition) is 2. The fourth-order valence-corrected chi connectivity index (χ4v) is 1.77. The third-order valence-electron chi connectivity index (χ3n) is 2.63. The summed E-state index contributed by atoms with van der Waals surface area (Å²) in [5.41, 5.74) is 7.25. The van der Waals surface area contributed by atoms with Crippen molar-refractivity contribution in [3.05, 3.63) is 41.5 Å². The van der Waals surface area contributed by atoms with Crippen molar-refractivity contribution in [3.63, 3.8) is 0 Å². The normalized spacial score (nSPS) is 16.8. The Bertz CT molecular complexity index is 506. The average molecular weight is 246 g/mol. The number of carboxylic acids is 1. The summed E-state index contributed by atoms with van der Waals surface area (Å²) in [6, 6.07) is 8.99. The summed E-state index contributed by atoms with van der Waals surface area (Å²) in [6.07, 6.45) is 0. The average Bonchev–Trinajstić information content (AvgIpc) is 2.40. The minimum Gasteiger partial charge on any atom is -0.478 e. The molecule has 5 heteroatoms. The molecule has 0 atom stereocenters. The predicted molar refractivity (Wildman–Crippen MR) is 68.3 cm³/mol. The fraction of sp³-hybridized carbons (Fsp3) is 0.231. The molecule has 0 radical (unpaired) electrons. The Morgan fingerprint density at radius 1 is 1.33 bits per heavy atom. The quantitative estimate of drug-likeness (QED) is 0.776. The van der Waals surface area contributed by atoms with Crippen molar-refractivity contribution in [3.8, 4) is 0 Å². The number of rotatable bonds is 3. The molecule has 0 saturated carbocycles. The number of nitrogens with two attached hydrogens (primary N) is 1. The van der Waals surface area contributed by atoms with E-state index in [1.807, 2.05) is 6.07 Å². The van der Waals surface area contributed by atoms with Crippen LogP contribution in [0.4, 0.5) is 0 Å². The maximum absolute atomic E-state index is 11.3. The van der Waals surface area contributed by atoms with Gasteiger partial charge in [-0.15, -0.1) is 0 Å². The van der Waals surface area contributed by atoms with Gasteiger partial charge in [-0.1, -0.05) is 30.3 Å². The molecule has 5 nitrogen and oxygen atoms in total. The van der Waals surface area contributed by atoms with Crippen LogP contribution >= 0.6 is 0 Å². The molecule has 2 rings (SSSR count). The van der Waals surface area contributed by atoms with E-state index in [0.29, 0.717) is 24.4 Å². The molecule has 3 N–H and O–H groups in total. The highest BCUT2D eigenvalue weighted by molar-refractivity contribution is 6.24. The molecule has 0 unspecified atom stereocenters. The van der Waals surface area contributed by atoms with Crippen LogP contribution in [0.2, 0.25) is 0 Å². The van der Waals surface area contributed by atoms with Gasteiger partial charge in [0.25, 0.3) is 0 Å². The van der Waals surface area contributed by atoms with E-state index >= 15 is 0 Å². The zero-order valence-corrected chi connectivity index (χ0v) is 9.80. The van der Waals surface area contributed by atoms with Crippen LogP contribution in [0.5, 0.6) is 0 Å². The molecule has 0 aromatic heterocycles. The van der Waals surface area contributed by atoms with Crippen molar-refractivity contribution in [1.29, 1.82) is 0 Å². The van der Waals surface area contributed by atoms with E-state index in [1.54, 1.807) is 24.3 Å². The van der Waals surface area contributed by atoms with Gasteiger partial charge in [-0.05, 0) is 5.56 Å². The molecule has 1 heterocycles. The van der Waals surface area contributed by atoms with Crippen molar-refractivity contribution in [2.24, 2.45) is 10.7 Å². The molecular formula is C13H14N2O3. The summed E-state index contributed by atoms with van der Waals surface area (Å²) in [7, 11) is 0. The Morgan fingerprint density at radius 2 is 2.06 bits per heavy atom. The standard InChI is InChI=1S/C13H14N2O3/c14-12(9-4-2-1-3-5-9)11(13(16)17)10-8-18-7-6-15-10/h1-5H,6-8,14H2,(H,16,17). The summed E-state index contributed by atoms with van der Waals surface area (Å²) in [6.45, 7) is 1.17. The highest BCUT2D eigenvalue weighted by Gasteiger charge is 2.21. The summed E-state index contributed by atoms with van der Waals surface area (Å²) >= 11 is 0. The van der Waals surface area contributed by atoms with Crippen molar-refractivity contribution in [2.75, 3.05) is 19.8 Å². The second-order valence-electron chi connectivity index (χ2n) is 3.84. The van der Waals surface area contributed by atoms with Crippen molar-refractivity contribution in [2.45, 2.75) is 0 Å². The molecule has 94 valence electrons. The van der Waals surface area contributed by atoms with E-state index in [2.05, 4.69) is 4.99 Å². The first-order chi connectivity index (χ1) is 8.70. The van der Waals surface area contributed by atoms with E-state index in [-0.39, 0.29) is 17.9 Å². The van der Waals surface area contributed by atoms with E-state index in [0.717, 1.165) is 0 Å². The lowest BCUT2D eigenvalue weighted by atomic mass is 10.0. The van der Waals surface area contributed by atoms with Crippen LogP contribution in [0.25, 0.3) is 5.70 Å². The number of aliphatic carboxylic acids is 1. The number of carboxylic acid groups (broad SMARTS) is 1. The van der Waals surface area contributed by atoms with E-state index < -0.39 is 5.97 Å². The highest BCUT2D eigenvalue weighted by atomic mass is 16.5. The Morgan fingerprint density at radius 3 is 2.61 bits per heavy atom. The summed E-state index contributed by atoms with van der Waals surface area (Å²) < 4.78 is 5.22. The zero-order chi connectivity index (χ0) is 13.0.